The molecular formula is C30H34N4O5S. The fourth-order valence-electron chi connectivity index (χ4n) is 5.33. The Kier molecular flexibility index (Phi) is 7.00. The predicted molar refractivity (Wildman–Crippen MR) is 154 cm³/mol. The van der Waals surface area contributed by atoms with Crippen molar-refractivity contribution in [2.24, 2.45) is 0 Å². The molecule has 0 radical (unpaired) electrons. The van der Waals surface area contributed by atoms with Crippen LogP contribution >= 0.6 is 11.8 Å². The highest BCUT2D eigenvalue weighted by atomic mass is 32.2. The van der Waals surface area contributed by atoms with E-state index < -0.39 is 0 Å². The topological polar surface area (TPSA) is 86.1 Å². The van der Waals surface area contributed by atoms with Crippen molar-refractivity contribution in [1.29, 1.82) is 0 Å². The highest BCUT2D eigenvalue weighted by molar-refractivity contribution is 8.00. The third kappa shape index (κ3) is 4.94. The molecule has 9 nitrogen and oxygen atoms in total. The van der Waals surface area contributed by atoms with Gasteiger partial charge < -0.3 is 19.1 Å². The number of aryl methyl sites for hydroxylation is 1. The van der Waals surface area contributed by atoms with Crippen LogP contribution in [0, 0.1) is 6.92 Å². The fourth-order valence-corrected chi connectivity index (χ4v) is 6.51. The van der Waals surface area contributed by atoms with E-state index in [4.69, 9.17) is 19.3 Å². The quantitative estimate of drug-likeness (QED) is 0.470. The van der Waals surface area contributed by atoms with E-state index in [1.807, 2.05) is 54.1 Å². The molecular weight excluding hydrogens is 528 g/mol. The fraction of sp³-hybridized carbons (Fsp3) is 0.433. The zero-order valence-electron chi connectivity index (χ0n) is 23.3. The SMILES string of the molecule is Cc1ccc(-n2nc(C(C)(C)C)c3c2N(CC(=O)N2CCOCC2)C(=O)CSC3c2ccc3c(c2)OCO3)cc1. The lowest BCUT2D eigenvalue weighted by molar-refractivity contribution is -0.134. The molecule has 0 bridgehead atoms. The zero-order chi connectivity index (χ0) is 28.0. The maximum atomic E-state index is 13.9. The Morgan fingerprint density at radius 2 is 1.77 bits per heavy atom. The summed E-state index contributed by atoms with van der Waals surface area (Å²) >= 11 is 1.56. The Hall–Kier alpha value is -3.50. The van der Waals surface area contributed by atoms with E-state index in [2.05, 4.69) is 20.8 Å². The Morgan fingerprint density at radius 3 is 2.50 bits per heavy atom. The van der Waals surface area contributed by atoms with Crippen LogP contribution in [0.5, 0.6) is 11.5 Å². The van der Waals surface area contributed by atoms with E-state index in [-0.39, 0.29) is 41.6 Å². The molecule has 3 aliphatic heterocycles. The first-order valence-corrected chi connectivity index (χ1v) is 14.6. The van der Waals surface area contributed by atoms with E-state index in [0.29, 0.717) is 43.6 Å². The highest BCUT2D eigenvalue weighted by Gasteiger charge is 2.40. The van der Waals surface area contributed by atoms with E-state index in [0.717, 1.165) is 28.1 Å². The minimum absolute atomic E-state index is 0.0542. The van der Waals surface area contributed by atoms with Crippen LogP contribution < -0.4 is 14.4 Å². The third-order valence-electron chi connectivity index (χ3n) is 7.43. The van der Waals surface area contributed by atoms with Gasteiger partial charge in [0.15, 0.2) is 11.5 Å². The average Bonchev–Trinajstić information content (AvgIpc) is 3.54. The molecule has 10 heteroatoms. The average molecular weight is 563 g/mol. The number of aromatic nitrogens is 2. The second-order valence-corrected chi connectivity index (χ2v) is 12.5. The zero-order valence-corrected chi connectivity index (χ0v) is 24.1. The molecule has 210 valence electrons. The van der Waals surface area contributed by atoms with Gasteiger partial charge in [0.1, 0.15) is 12.4 Å². The summed E-state index contributed by atoms with van der Waals surface area (Å²) in [4.78, 5) is 30.8. The number of nitrogens with zero attached hydrogens (tertiary/aromatic N) is 4. The molecule has 2 aromatic carbocycles. The van der Waals surface area contributed by atoms with Crippen LogP contribution in [0.1, 0.15) is 48.4 Å². The molecule has 2 amide bonds. The number of rotatable bonds is 4. The lowest BCUT2D eigenvalue weighted by atomic mass is 9.87. The van der Waals surface area contributed by atoms with Crippen LogP contribution in [0.3, 0.4) is 0 Å². The van der Waals surface area contributed by atoms with E-state index in [9.17, 15) is 9.59 Å². The van der Waals surface area contributed by atoms with Crippen molar-refractivity contribution in [3.63, 3.8) is 0 Å². The molecule has 3 aliphatic rings. The summed E-state index contributed by atoms with van der Waals surface area (Å²) in [5.74, 6) is 2.06. The van der Waals surface area contributed by atoms with Gasteiger partial charge in [-0.2, -0.15) is 5.10 Å². The van der Waals surface area contributed by atoms with Gasteiger partial charge in [-0.1, -0.05) is 44.5 Å². The van der Waals surface area contributed by atoms with Gasteiger partial charge in [0.05, 0.1) is 35.6 Å². The van der Waals surface area contributed by atoms with Crippen molar-refractivity contribution in [3.05, 3.63) is 64.8 Å². The van der Waals surface area contributed by atoms with Gasteiger partial charge in [0.2, 0.25) is 18.6 Å². The Labute approximate surface area is 238 Å². The molecule has 1 aromatic heterocycles. The van der Waals surface area contributed by atoms with E-state index >= 15 is 0 Å². The molecule has 6 rings (SSSR count). The first-order chi connectivity index (χ1) is 19.2. The molecule has 0 aliphatic carbocycles. The number of fused-ring (bicyclic) bond motifs is 2. The van der Waals surface area contributed by atoms with Gasteiger partial charge in [-0.05, 0) is 36.8 Å². The minimum atomic E-state index is -0.331. The summed E-state index contributed by atoms with van der Waals surface area (Å²) in [7, 11) is 0. The van der Waals surface area contributed by atoms with Gasteiger partial charge in [0.25, 0.3) is 0 Å². The lowest BCUT2D eigenvalue weighted by Crippen LogP contribution is -2.48. The summed E-state index contributed by atoms with van der Waals surface area (Å²) in [6, 6.07) is 14.0. The van der Waals surface area contributed by atoms with Crippen LogP contribution in [0.15, 0.2) is 42.5 Å². The molecule has 0 spiro atoms. The Balaban J connectivity index is 1.54. The molecule has 1 saturated heterocycles. The minimum Gasteiger partial charge on any atom is -0.454 e. The number of benzene rings is 2. The van der Waals surface area contributed by atoms with Crippen LogP contribution in [0.2, 0.25) is 0 Å². The molecule has 3 aromatic rings. The van der Waals surface area contributed by atoms with Crippen molar-refractivity contribution in [1.82, 2.24) is 14.7 Å². The summed E-state index contributed by atoms with van der Waals surface area (Å²) in [5, 5.41) is 4.96. The van der Waals surface area contributed by atoms with Crippen LogP contribution in [-0.4, -0.2) is 71.9 Å². The van der Waals surface area contributed by atoms with Gasteiger partial charge in [-0.3, -0.25) is 14.5 Å². The van der Waals surface area contributed by atoms with Crippen molar-refractivity contribution < 1.29 is 23.8 Å². The largest absolute Gasteiger partial charge is 0.454 e. The molecule has 0 saturated carbocycles. The van der Waals surface area contributed by atoms with Crippen molar-refractivity contribution >= 4 is 29.4 Å². The van der Waals surface area contributed by atoms with Crippen LogP contribution in [0.4, 0.5) is 5.82 Å². The number of amides is 2. The predicted octanol–water partition coefficient (Wildman–Crippen LogP) is 4.23. The van der Waals surface area contributed by atoms with Crippen molar-refractivity contribution in [2.75, 3.05) is 50.3 Å². The number of morpholine rings is 1. The molecule has 0 N–H and O–H groups in total. The first kappa shape index (κ1) is 26.7. The Bertz CT molecular complexity index is 1440. The summed E-state index contributed by atoms with van der Waals surface area (Å²) in [5.41, 5.74) is 4.46. The monoisotopic (exact) mass is 562 g/mol. The van der Waals surface area contributed by atoms with Crippen molar-refractivity contribution in [3.8, 4) is 17.2 Å². The first-order valence-electron chi connectivity index (χ1n) is 13.6. The smallest absolute Gasteiger partial charge is 0.242 e. The van der Waals surface area contributed by atoms with Crippen LogP contribution in [-0.2, 0) is 19.7 Å². The highest BCUT2D eigenvalue weighted by Crippen LogP contribution is 2.50. The molecule has 1 unspecified atom stereocenters. The number of hydrogen-bond acceptors (Lipinski definition) is 7. The number of hydrogen-bond donors (Lipinski definition) is 0. The van der Waals surface area contributed by atoms with E-state index in [1.165, 1.54) is 0 Å². The summed E-state index contributed by atoms with van der Waals surface area (Å²) in [6.45, 7) is 10.6. The van der Waals surface area contributed by atoms with Crippen molar-refractivity contribution in [2.45, 2.75) is 38.4 Å². The van der Waals surface area contributed by atoms with Gasteiger partial charge in [-0.25, -0.2) is 4.68 Å². The normalized spacial score (nSPS) is 19.0. The van der Waals surface area contributed by atoms with Crippen LogP contribution in [0.25, 0.3) is 5.69 Å². The maximum Gasteiger partial charge on any atom is 0.242 e. The Morgan fingerprint density at radius 1 is 1.05 bits per heavy atom. The lowest BCUT2D eigenvalue weighted by Gasteiger charge is -2.30. The van der Waals surface area contributed by atoms with Gasteiger partial charge in [-0.15, -0.1) is 11.8 Å². The summed E-state index contributed by atoms with van der Waals surface area (Å²) < 4.78 is 18.6. The number of ether oxygens (including phenoxy) is 3. The van der Waals surface area contributed by atoms with E-state index in [1.54, 1.807) is 21.6 Å². The summed E-state index contributed by atoms with van der Waals surface area (Å²) in [6.07, 6.45) is 0. The molecule has 1 fully saturated rings. The maximum absolute atomic E-state index is 13.9. The molecule has 40 heavy (non-hydrogen) atoms. The molecule has 4 heterocycles. The number of carbonyl (C=O) groups excluding carboxylic acids is 2. The standard InChI is InChI=1S/C30H34N4O5S/c1-19-5-8-21(9-6-19)34-29-26(28(31-34)30(2,3)4)27(20-7-10-22-23(15-20)39-18-38-22)40-17-25(36)33(29)16-24(35)32-11-13-37-14-12-32/h5-10,15,27H,11-14,16-18H2,1-4H3. The number of anilines is 1. The number of thioether (sulfide) groups is 1. The third-order valence-corrected chi connectivity index (χ3v) is 8.69. The van der Waals surface area contributed by atoms with Gasteiger partial charge in [0, 0.05) is 24.1 Å². The number of carbonyl (C=O) groups is 2. The second kappa shape index (κ2) is 10.5. The second-order valence-electron chi connectivity index (χ2n) is 11.4. The van der Waals surface area contributed by atoms with Gasteiger partial charge >= 0.3 is 0 Å². The molecule has 1 atom stereocenters.